The summed E-state index contributed by atoms with van der Waals surface area (Å²) in [6.07, 6.45) is 1.24. The van der Waals surface area contributed by atoms with E-state index in [0.29, 0.717) is 37.3 Å². The van der Waals surface area contributed by atoms with Gasteiger partial charge in [0.15, 0.2) is 0 Å². The van der Waals surface area contributed by atoms with Gasteiger partial charge >= 0.3 is 5.97 Å². The van der Waals surface area contributed by atoms with E-state index >= 15 is 0 Å². The van der Waals surface area contributed by atoms with Crippen LogP contribution in [0, 0.1) is 5.92 Å². The fraction of sp³-hybridized carbons (Fsp3) is 0.471. The number of nitrogens with zero attached hydrogens (tertiary/aromatic N) is 1. The van der Waals surface area contributed by atoms with Gasteiger partial charge in [0, 0.05) is 18.7 Å². The van der Waals surface area contributed by atoms with Gasteiger partial charge in [0.1, 0.15) is 5.75 Å². The molecule has 1 aromatic rings. The highest BCUT2D eigenvalue weighted by Gasteiger charge is 2.28. The molecular weight excluding hydrogens is 312 g/mol. The first-order chi connectivity index (χ1) is 11.5. The van der Waals surface area contributed by atoms with Gasteiger partial charge in [-0.1, -0.05) is 0 Å². The third-order valence-electron chi connectivity index (χ3n) is 3.95. The summed E-state index contributed by atoms with van der Waals surface area (Å²) < 4.78 is 5.31. The summed E-state index contributed by atoms with van der Waals surface area (Å²) in [5.41, 5.74) is 0.438. The SMILES string of the molecule is CCOc1ccc(C(=O)NCC(=O)N2CCCC(C(=O)O)C2)cc1. The van der Waals surface area contributed by atoms with Crippen molar-refractivity contribution in [3.8, 4) is 5.75 Å². The molecule has 7 nitrogen and oxygen atoms in total. The van der Waals surface area contributed by atoms with Gasteiger partial charge in [-0.15, -0.1) is 0 Å². The Morgan fingerprint density at radius 1 is 1.29 bits per heavy atom. The summed E-state index contributed by atoms with van der Waals surface area (Å²) in [6.45, 7) is 3.02. The minimum Gasteiger partial charge on any atom is -0.494 e. The zero-order valence-corrected chi connectivity index (χ0v) is 13.7. The molecule has 24 heavy (non-hydrogen) atoms. The Bertz CT molecular complexity index is 600. The first-order valence-electron chi connectivity index (χ1n) is 8.03. The van der Waals surface area contributed by atoms with Gasteiger partial charge in [-0.05, 0) is 44.0 Å². The number of hydrogen-bond donors (Lipinski definition) is 2. The first-order valence-corrected chi connectivity index (χ1v) is 8.03. The number of rotatable bonds is 6. The Morgan fingerprint density at radius 2 is 2.00 bits per heavy atom. The Kier molecular flexibility index (Phi) is 6.17. The van der Waals surface area contributed by atoms with Crippen LogP contribution in [0.1, 0.15) is 30.1 Å². The van der Waals surface area contributed by atoms with E-state index in [1.54, 1.807) is 24.3 Å². The summed E-state index contributed by atoms with van der Waals surface area (Å²) in [5.74, 6) is -1.34. The Hall–Kier alpha value is -2.57. The molecule has 1 atom stereocenters. The lowest BCUT2D eigenvalue weighted by molar-refractivity contribution is -0.145. The molecule has 1 aliphatic heterocycles. The molecule has 1 fully saturated rings. The smallest absolute Gasteiger partial charge is 0.308 e. The van der Waals surface area contributed by atoms with Crippen LogP contribution in [-0.2, 0) is 9.59 Å². The molecule has 2 rings (SSSR count). The zero-order valence-electron chi connectivity index (χ0n) is 13.7. The standard InChI is InChI=1S/C17H22N2O5/c1-2-24-14-7-5-12(6-8-14)16(21)18-10-15(20)19-9-3-4-13(11-19)17(22)23/h5-8,13H,2-4,9-11H2,1H3,(H,18,21)(H,22,23). The van der Waals surface area contributed by atoms with Gasteiger partial charge < -0.3 is 20.1 Å². The van der Waals surface area contributed by atoms with Gasteiger partial charge in [-0.2, -0.15) is 0 Å². The van der Waals surface area contributed by atoms with Gasteiger partial charge in [0.2, 0.25) is 5.91 Å². The number of carboxylic acids is 1. The molecule has 1 saturated heterocycles. The van der Waals surface area contributed by atoms with E-state index < -0.39 is 11.9 Å². The molecule has 0 saturated carbocycles. The van der Waals surface area contributed by atoms with Crippen LogP contribution in [-0.4, -0.2) is 54.0 Å². The van der Waals surface area contributed by atoms with Crippen LogP contribution in [0.4, 0.5) is 0 Å². The number of carboxylic acid groups (broad SMARTS) is 1. The molecule has 2 amide bonds. The second-order valence-corrected chi connectivity index (χ2v) is 5.66. The molecule has 7 heteroatoms. The number of aliphatic carboxylic acids is 1. The fourth-order valence-electron chi connectivity index (χ4n) is 2.64. The van der Waals surface area contributed by atoms with E-state index in [-0.39, 0.29) is 24.9 Å². The number of ether oxygens (including phenoxy) is 1. The van der Waals surface area contributed by atoms with Gasteiger partial charge in [0.05, 0.1) is 19.1 Å². The maximum absolute atomic E-state index is 12.1. The average molecular weight is 334 g/mol. The van der Waals surface area contributed by atoms with Crippen molar-refractivity contribution in [2.24, 2.45) is 5.92 Å². The zero-order chi connectivity index (χ0) is 17.5. The van der Waals surface area contributed by atoms with E-state index in [1.165, 1.54) is 4.90 Å². The minimum atomic E-state index is -0.883. The molecule has 1 heterocycles. The van der Waals surface area contributed by atoms with E-state index in [1.807, 2.05) is 6.92 Å². The number of amides is 2. The number of likely N-dealkylation sites (tertiary alicyclic amines) is 1. The lowest BCUT2D eigenvalue weighted by atomic mass is 9.98. The van der Waals surface area contributed by atoms with Crippen LogP contribution < -0.4 is 10.1 Å². The molecule has 1 aliphatic rings. The summed E-state index contributed by atoms with van der Waals surface area (Å²) in [4.78, 5) is 36.7. The Labute approximate surface area is 140 Å². The molecule has 0 radical (unpaired) electrons. The largest absolute Gasteiger partial charge is 0.494 e. The summed E-state index contributed by atoms with van der Waals surface area (Å²) in [7, 11) is 0. The maximum atomic E-state index is 12.1. The van der Waals surface area contributed by atoms with Crippen molar-refractivity contribution in [2.45, 2.75) is 19.8 Å². The van der Waals surface area contributed by atoms with Crippen molar-refractivity contribution in [2.75, 3.05) is 26.2 Å². The first kappa shape index (κ1) is 17.8. The highest BCUT2D eigenvalue weighted by Crippen LogP contribution is 2.16. The lowest BCUT2D eigenvalue weighted by Gasteiger charge is -2.30. The minimum absolute atomic E-state index is 0.140. The van der Waals surface area contributed by atoms with E-state index in [4.69, 9.17) is 9.84 Å². The second kappa shape index (κ2) is 8.33. The molecule has 2 N–H and O–H groups in total. The van der Waals surface area contributed by atoms with E-state index in [2.05, 4.69) is 5.32 Å². The van der Waals surface area contributed by atoms with E-state index in [9.17, 15) is 14.4 Å². The highest BCUT2D eigenvalue weighted by atomic mass is 16.5. The number of carbonyl (C=O) groups excluding carboxylic acids is 2. The summed E-state index contributed by atoms with van der Waals surface area (Å²) in [5, 5.41) is 11.6. The van der Waals surface area contributed by atoms with Crippen LogP contribution in [0.25, 0.3) is 0 Å². The highest BCUT2D eigenvalue weighted by molar-refractivity contribution is 5.96. The van der Waals surface area contributed by atoms with Crippen LogP contribution in [0.2, 0.25) is 0 Å². The lowest BCUT2D eigenvalue weighted by Crippen LogP contribution is -2.46. The number of carbonyl (C=O) groups is 3. The normalized spacial score (nSPS) is 17.2. The molecule has 1 unspecified atom stereocenters. The summed E-state index contributed by atoms with van der Waals surface area (Å²) >= 11 is 0. The number of benzene rings is 1. The van der Waals surface area contributed by atoms with Crippen LogP contribution in [0.15, 0.2) is 24.3 Å². The third-order valence-corrected chi connectivity index (χ3v) is 3.95. The molecule has 0 spiro atoms. The van der Waals surface area contributed by atoms with Crippen molar-refractivity contribution < 1.29 is 24.2 Å². The fourth-order valence-corrected chi connectivity index (χ4v) is 2.64. The Balaban J connectivity index is 1.84. The molecule has 0 aliphatic carbocycles. The number of hydrogen-bond acceptors (Lipinski definition) is 4. The van der Waals surface area contributed by atoms with Gasteiger partial charge in [0.25, 0.3) is 5.91 Å². The van der Waals surface area contributed by atoms with Crippen molar-refractivity contribution in [3.05, 3.63) is 29.8 Å². The quantitative estimate of drug-likeness (QED) is 0.813. The molecule has 0 aromatic heterocycles. The van der Waals surface area contributed by atoms with Crippen LogP contribution >= 0.6 is 0 Å². The predicted octanol–water partition coefficient (Wildman–Crippen LogP) is 1.14. The Morgan fingerprint density at radius 3 is 2.62 bits per heavy atom. The topological polar surface area (TPSA) is 95.9 Å². The van der Waals surface area contributed by atoms with Gasteiger partial charge in [-0.25, -0.2) is 0 Å². The molecule has 0 bridgehead atoms. The van der Waals surface area contributed by atoms with Crippen LogP contribution in [0.3, 0.4) is 0 Å². The van der Waals surface area contributed by atoms with Crippen molar-refractivity contribution in [1.29, 1.82) is 0 Å². The monoisotopic (exact) mass is 334 g/mol. The maximum Gasteiger partial charge on any atom is 0.308 e. The predicted molar refractivity (Wildman–Crippen MR) is 86.9 cm³/mol. The van der Waals surface area contributed by atoms with Gasteiger partial charge in [-0.3, -0.25) is 14.4 Å². The van der Waals surface area contributed by atoms with Crippen LogP contribution in [0.5, 0.6) is 5.75 Å². The average Bonchev–Trinajstić information content (AvgIpc) is 2.60. The molecule has 1 aromatic carbocycles. The van der Waals surface area contributed by atoms with Crippen molar-refractivity contribution in [1.82, 2.24) is 10.2 Å². The second-order valence-electron chi connectivity index (χ2n) is 5.66. The third kappa shape index (κ3) is 4.71. The molecule has 130 valence electrons. The van der Waals surface area contributed by atoms with E-state index in [0.717, 1.165) is 0 Å². The summed E-state index contributed by atoms with van der Waals surface area (Å²) in [6, 6.07) is 6.66. The molecular formula is C17H22N2O5. The number of nitrogens with one attached hydrogen (secondary N) is 1. The number of piperidine rings is 1. The van der Waals surface area contributed by atoms with Crippen molar-refractivity contribution in [3.63, 3.8) is 0 Å². The van der Waals surface area contributed by atoms with Crippen molar-refractivity contribution >= 4 is 17.8 Å².